The van der Waals surface area contributed by atoms with E-state index in [-0.39, 0.29) is 6.10 Å². The molecule has 12 heavy (non-hydrogen) atoms. The van der Waals surface area contributed by atoms with Gasteiger partial charge >= 0.3 is 0 Å². The largest absolute Gasteiger partial charge is 0.388 e. The number of benzene rings is 1. The summed E-state index contributed by atoms with van der Waals surface area (Å²) in [5.74, 6) is 0. The SMILES string of the molecule is OC1CCNc2c(Br)cccc21. The number of rotatable bonds is 0. The zero-order chi connectivity index (χ0) is 8.55. The lowest BCUT2D eigenvalue weighted by atomic mass is 10.0. The molecule has 1 aromatic rings. The van der Waals surface area contributed by atoms with E-state index in [1.54, 1.807) is 0 Å². The molecule has 2 rings (SSSR count). The summed E-state index contributed by atoms with van der Waals surface area (Å²) in [4.78, 5) is 0. The van der Waals surface area contributed by atoms with E-state index in [0.29, 0.717) is 0 Å². The first-order valence-corrected chi connectivity index (χ1v) is 4.78. The van der Waals surface area contributed by atoms with Gasteiger partial charge in [-0.2, -0.15) is 0 Å². The van der Waals surface area contributed by atoms with Crippen LogP contribution in [0.1, 0.15) is 18.1 Å². The Morgan fingerprint density at radius 2 is 2.33 bits per heavy atom. The zero-order valence-corrected chi connectivity index (χ0v) is 8.13. The summed E-state index contributed by atoms with van der Waals surface area (Å²) in [5, 5.41) is 12.9. The molecule has 0 saturated carbocycles. The normalized spacial score (nSPS) is 21.3. The predicted molar refractivity (Wildman–Crippen MR) is 52.2 cm³/mol. The average Bonchev–Trinajstić information content (AvgIpc) is 2.07. The fourth-order valence-electron chi connectivity index (χ4n) is 1.49. The van der Waals surface area contributed by atoms with Crippen LogP contribution < -0.4 is 5.32 Å². The quantitative estimate of drug-likeness (QED) is 0.714. The van der Waals surface area contributed by atoms with E-state index in [0.717, 1.165) is 28.7 Å². The third-order valence-corrected chi connectivity index (χ3v) is 2.79. The molecule has 1 aliphatic rings. The molecule has 0 fully saturated rings. The highest BCUT2D eigenvalue weighted by Gasteiger charge is 2.18. The molecule has 0 saturated heterocycles. The maximum Gasteiger partial charge on any atom is 0.0827 e. The number of hydrogen-bond donors (Lipinski definition) is 2. The summed E-state index contributed by atoms with van der Waals surface area (Å²) in [6, 6.07) is 5.87. The topological polar surface area (TPSA) is 32.3 Å². The van der Waals surface area contributed by atoms with Crippen molar-refractivity contribution in [2.24, 2.45) is 0 Å². The Morgan fingerprint density at radius 3 is 3.08 bits per heavy atom. The van der Waals surface area contributed by atoms with Crippen molar-refractivity contribution in [1.29, 1.82) is 0 Å². The van der Waals surface area contributed by atoms with Crippen molar-refractivity contribution < 1.29 is 5.11 Å². The van der Waals surface area contributed by atoms with Crippen LogP contribution in [0.15, 0.2) is 22.7 Å². The number of para-hydroxylation sites is 1. The first-order chi connectivity index (χ1) is 5.79. The lowest BCUT2D eigenvalue weighted by Gasteiger charge is -2.23. The van der Waals surface area contributed by atoms with Crippen LogP contribution >= 0.6 is 15.9 Å². The molecule has 0 aromatic heterocycles. The molecular formula is C9H10BrNO. The molecule has 0 amide bonds. The molecule has 64 valence electrons. The second-order valence-electron chi connectivity index (χ2n) is 2.94. The van der Waals surface area contributed by atoms with Crippen LogP contribution in [0, 0.1) is 0 Å². The summed E-state index contributed by atoms with van der Waals surface area (Å²) in [5.41, 5.74) is 2.03. The second kappa shape index (κ2) is 3.07. The Balaban J connectivity index is 2.52. The van der Waals surface area contributed by atoms with Crippen LogP contribution in [-0.4, -0.2) is 11.7 Å². The van der Waals surface area contributed by atoms with Gasteiger partial charge in [-0.25, -0.2) is 0 Å². The van der Waals surface area contributed by atoms with Crippen molar-refractivity contribution in [1.82, 2.24) is 0 Å². The van der Waals surface area contributed by atoms with Crippen molar-refractivity contribution >= 4 is 21.6 Å². The molecule has 2 nitrogen and oxygen atoms in total. The molecule has 1 heterocycles. The number of fused-ring (bicyclic) bond motifs is 1. The summed E-state index contributed by atoms with van der Waals surface area (Å²) < 4.78 is 1.03. The van der Waals surface area contributed by atoms with E-state index in [2.05, 4.69) is 21.2 Å². The summed E-state index contributed by atoms with van der Waals surface area (Å²) in [6.07, 6.45) is 0.488. The van der Waals surface area contributed by atoms with E-state index in [1.807, 2.05) is 18.2 Å². The Morgan fingerprint density at radius 1 is 1.50 bits per heavy atom. The van der Waals surface area contributed by atoms with Gasteiger partial charge in [0, 0.05) is 16.6 Å². The van der Waals surface area contributed by atoms with E-state index in [4.69, 9.17) is 0 Å². The van der Waals surface area contributed by atoms with Crippen molar-refractivity contribution in [3.8, 4) is 0 Å². The molecule has 0 bridgehead atoms. The Kier molecular flexibility index (Phi) is 2.07. The Hall–Kier alpha value is -0.540. The van der Waals surface area contributed by atoms with Crippen LogP contribution in [0.25, 0.3) is 0 Å². The Labute approximate surface area is 79.7 Å². The molecule has 0 spiro atoms. The van der Waals surface area contributed by atoms with Crippen LogP contribution in [-0.2, 0) is 0 Å². The molecule has 0 radical (unpaired) electrons. The molecule has 1 unspecified atom stereocenters. The molecule has 1 atom stereocenters. The van der Waals surface area contributed by atoms with Crippen LogP contribution in [0.3, 0.4) is 0 Å². The second-order valence-corrected chi connectivity index (χ2v) is 3.79. The smallest absolute Gasteiger partial charge is 0.0827 e. The van der Waals surface area contributed by atoms with E-state index >= 15 is 0 Å². The van der Waals surface area contributed by atoms with Crippen molar-refractivity contribution in [2.75, 3.05) is 11.9 Å². The van der Waals surface area contributed by atoms with E-state index < -0.39 is 0 Å². The third kappa shape index (κ3) is 1.23. The van der Waals surface area contributed by atoms with E-state index in [1.165, 1.54) is 0 Å². The summed E-state index contributed by atoms with van der Waals surface area (Å²) in [6.45, 7) is 0.844. The number of anilines is 1. The van der Waals surface area contributed by atoms with Gasteiger partial charge in [0.25, 0.3) is 0 Å². The van der Waals surface area contributed by atoms with Crippen LogP contribution in [0.2, 0.25) is 0 Å². The minimum Gasteiger partial charge on any atom is -0.388 e. The van der Waals surface area contributed by atoms with Gasteiger partial charge in [-0.15, -0.1) is 0 Å². The number of aliphatic hydroxyl groups is 1. The van der Waals surface area contributed by atoms with Gasteiger partial charge < -0.3 is 10.4 Å². The van der Waals surface area contributed by atoms with Gasteiger partial charge in [0.15, 0.2) is 0 Å². The van der Waals surface area contributed by atoms with Crippen molar-refractivity contribution in [2.45, 2.75) is 12.5 Å². The van der Waals surface area contributed by atoms with Gasteiger partial charge in [0.1, 0.15) is 0 Å². The zero-order valence-electron chi connectivity index (χ0n) is 6.55. The fraction of sp³-hybridized carbons (Fsp3) is 0.333. The minimum atomic E-state index is -0.307. The maximum atomic E-state index is 9.62. The maximum absolute atomic E-state index is 9.62. The minimum absolute atomic E-state index is 0.307. The van der Waals surface area contributed by atoms with Crippen molar-refractivity contribution in [3.05, 3.63) is 28.2 Å². The standard InChI is InChI=1S/C9H10BrNO/c10-7-3-1-2-6-8(12)4-5-11-9(6)7/h1-3,8,11-12H,4-5H2. The molecule has 3 heteroatoms. The lowest BCUT2D eigenvalue weighted by Crippen LogP contribution is -2.16. The third-order valence-electron chi connectivity index (χ3n) is 2.12. The molecule has 1 aliphatic heterocycles. The molecule has 0 aliphatic carbocycles. The molecule has 2 N–H and O–H groups in total. The van der Waals surface area contributed by atoms with Gasteiger partial charge in [-0.1, -0.05) is 12.1 Å². The number of nitrogens with one attached hydrogen (secondary N) is 1. The monoisotopic (exact) mass is 227 g/mol. The predicted octanol–water partition coefficient (Wildman–Crippen LogP) is 2.30. The first kappa shape index (κ1) is 8.08. The van der Waals surface area contributed by atoms with Crippen LogP contribution in [0.4, 0.5) is 5.69 Å². The Bertz CT molecular complexity index is 301. The first-order valence-electron chi connectivity index (χ1n) is 3.99. The fourth-order valence-corrected chi connectivity index (χ4v) is 2.02. The van der Waals surface area contributed by atoms with Crippen molar-refractivity contribution in [3.63, 3.8) is 0 Å². The molecule has 1 aromatic carbocycles. The van der Waals surface area contributed by atoms with Crippen LogP contribution in [0.5, 0.6) is 0 Å². The number of aliphatic hydroxyl groups excluding tert-OH is 1. The van der Waals surface area contributed by atoms with Gasteiger partial charge in [-0.05, 0) is 28.4 Å². The lowest BCUT2D eigenvalue weighted by molar-refractivity contribution is 0.168. The van der Waals surface area contributed by atoms with E-state index in [9.17, 15) is 5.11 Å². The summed E-state index contributed by atoms with van der Waals surface area (Å²) in [7, 11) is 0. The highest BCUT2D eigenvalue weighted by Crippen LogP contribution is 2.34. The highest BCUT2D eigenvalue weighted by atomic mass is 79.9. The highest BCUT2D eigenvalue weighted by molar-refractivity contribution is 9.10. The van der Waals surface area contributed by atoms with Gasteiger partial charge in [0.2, 0.25) is 0 Å². The van der Waals surface area contributed by atoms with Gasteiger partial charge in [-0.3, -0.25) is 0 Å². The number of halogens is 1. The average molecular weight is 228 g/mol. The molecular weight excluding hydrogens is 218 g/mol. The number of hydrogen-bond acceptors (Lipinski definition) is 2. The van der Waals surface area contributed by atoms with Gasteiger partial charge in [0.05, 0.1) is 11.8 Å². The summed E-state index contributed by atoms with van der Waals surface area (Å²) >= 11 is 3.44.